The molecule has 0 aliphatic heterocycles. The van der Waals surface area contributed by atoms with Crippen LogP contribution in [0.3, 0.4) is 0 Å². The maximum absolute atomic E-state index is 5.67. The third-order valence-corrected chi connectivity index (χ3v) is 1.98. The Kier molecular flexibility index (Phi) is 3.57. The quantitative estimate of drug-likeness (QED) is 0.651. The summed E-state index contributed by atoms with van der Waals surface area (Å²) in [5.41, 5.74) is 2.51. The number of nitrogens with zero attached hydrogens (tertiary/aromatic N) is 1. The maximum Gasteiger partial charge on any atom is 0.0474 e. The van der Waals surface area contributed by atoms with Crippen molar-refractivity contribution in [2.24, 2.45) is 0 Å². The molecule has 0 radical (unpaired) electrons. The van der Waals surface area contributed by atoms with Crippen LogP contribution in [0.2, 0.25) is 0 Å². The first kappa shape index (κ1) is 9.56. The smallest absolute Gasteiger partial charge is 0.0474 e. The fourth-order valence-corrected chi connectivity index (χ4v) is 1.28. The molecule has 66 valence electrons. The SMILES string of the molecule is CN(C)Cc1ccc(CCl)cc1. The zero-order valence-electron chi connectivity index (χ0n) is 7.55. The van der Waals surface area contributed by atoms with Gasteiger partial charge in [-0.3, -0.25) is 0 Å². The summed E-state index contributed by atoms with van der Waals surface area (Å²) in [6.07, 6.45) is 0. The second kappa shape index (κ2) is 4.48. The van der Waals surface area contributed by atoms with Crippen molar-refractivity contribution in [1.82, 2.24) is 4.90 Å². The van der Waals surface area contributed by atoms with Gasteiger partial charge in [-0.05, 0) is 25.2 Å². The number of benzene rings is 1. The van der Waals surface area contributed by atoms with Crippen LogP contribution in [-0.2, 0) is 12.4 Å². The summed E-state index contributed by atoms with van der Waals surface area (Å²) in [7, 11) is 4.13. The van der Waals surface area contributed by atoms with E-state index in [-0.39, 0.29) is 0 Å². The summed E-state index contributed by atoms with van der Waals surface area (Å²) in [6.45, 7) is 0.989. The average molecular weight is 184 g/mol. The van der Waals surface area contributed by atoms with Gasteiger partial charge in [-0.2, -0.15) is 0 Å². The Morgan fingerprint density at radius 3 is 2.00 bits per heavy atom. The monoisotopic (exact) mass is 183 g/mol. The first-order chi connectivity index (χ1) is 5.72. The molecule has 2 heteroatoms. The van der Waals surface area contributed by atoms with Crippen LogP contribution in [0.1, 0.15) is 11.1 Å². The second-order valence-corrected chi connectivity index (χ2v) is 3.46. The van der Waals surface area contributed by atoms with Crippen LogP contribution in [-0.4, -0.2) is 19.0 Å². The van der Waals surface area contributed by atoms with Gasteiger partial charge in [0.1, 0.15) is 0 Å². The van der Waals surface area contributed by atoms with Gasteiger partial charge in [0, 0.05) is 12.4 Å². The minimum atomic E-state index is 0.599. The summed E-state index contributed by atoms with van der Waals surface area (Å²) < 4.78 is 0. The topological polar surface area (TPSA) is 3.24 Å². The number of rotatable bonds is 3. The molecule has 0 spiro atoms. The maximum atomic E-state index is 5.67. The van der Waals surface area contributed by atoms with Crippen LogP contribution in [0.4, 0.5) is 0 Å². The number of alkyl halides is 1. The van der Waals surface area contributed by atoms with Gasteiger partial charge in [0.25, 0.3) is 0 Å². The van der Waals surface area contributed by atoms with Crippen LogP contribution < -0.4 is 0 Å². The van der Waals surface area contributed by atoms with E-state index >= 15 is 0 Å². The first-order valence-corrected chi connectivity index (χ1v) is 4.54. The lowest BCUT2D eigenvalue weighted by molar-refractivity contribution is 0.402. The molecule has 1 rings (SSSR count). The lowest BCUT2D eigenvalue weighted by Crippen LogP contribution is -2.10. The highest BCUT2D eigenvalue weighted by Gasteiger charge is 1.94. The highest BCUT2D eigenvalue weighted by atomic mass is 35.5. The van der Waals surface area contributed by atoms with E-state index in [1.807, 2.05) is 0 Å². The van der Waals surface area contributed by atoms with Gasteiger partial charge in [0.05, 0.1) is 0 Å². The average Bonchev–Trinajstić information content (AvgIpc) is 2.05. The van der Waals surface area contributed by atoms with Crippen molar-refractivity contribution in [3.63, 3.8) is 0 Å². The van der Waals surface area contributed by atoms with Crippen molar-refractivity contribution in [3.05, 3.63) is 35.4 Å². The molecule has 0 unspecified atom stereocenters. The molecular formula is C10H14ClN. The van der Waals surface area contributed by atoms with E-state index in [0.29, 0.717) is 5.88 Å². The molecule has 0 amide bonds. The summed E-state index contributed by atoms with van der Waals surface area (Å²) in [5.74, 6) is 0.599. The van der Waals surface area contributed by atoms with Crippen molar-refractivity contribution in [1.29, 1.82) is 0 Å². The van der Waals surface area contributed by atoms with E-state index in [4.69, 9.17) is 11.6 Å². The van der Waals surface area contributed by atoms with Gasteiger partial charge in [-0.1, -0.05) is 24.3 Å². The van der Waals surface area contributed by atoms with Gasteiger partial charge in [-0.15, -0.1) is 11.6 Å². The molecule has 0 aromatic heterocycles. The van der Waals surface area contributed by atoms with Gasteiger partial charge in [-0.25, -0.2) is 0 Å². The highest BCUT2D eigenvalue weighted by molar-refractivity contribution is 6.17. The summed E-state index contributed by atoms with van der Waals surface area (Å²) in [4.78, 5) is 2.15. The Labute approximate surface area is 79.0 Å². The standard InChI is InChI=1S/C10H14ClN/c1-12(2)8-10-5-3-9(7-11)4-6-10/h3-6H,7-8H2,1-2H3. The molecule has 0 N–H and O–H groups in total. The van der Waals surface area contributed by atoms with Gasteiger partial charge in [0.15, 0.2) is 0 Å². The zero-order valence-corrected chi connectivity index (χ0v) is 8.30. The van der Waals surface area contributed by atoms with Crippen LogP contribution in [0.15, 0.2) is 24.3 Å². The largest absolute Gasteiger partial charge is 0.305 e. The van der Waals surface area contributed by atoms with Crippen molar-refractivity contribution < 1.29 is 0 Å². The Hall–Kier alpha value is -0.530. The molecule has 1 aromatic carbocycles. The molecule has 0 fully saturated rings. The minimum absolute atomic E-state index is 0.599. The molecule has 0 atom stereocenters. The second-order valence-electron chi connectivity index (χ2n) is 3.19. The fourth-order valence-electron chi connectivity index (χ4n) is 1.10. The van der Waals surface area contributed by atoms with Crippen molar-refractivity contribution in [2.75, 3.05) is 14.1 Å². The number of hydrogen-bond acceptors (Lipinski definition) is 1. The zero-order chi connectivity index (χ0) is 8.97. The van der Waals surface area contributed by atoms with E-state index in [1.54, 1.807) is 0 Å². The van der Waals surface area contributed by atoms with Crippen molar-refractivity contribution >= 4 is 11.6 Å². The first-order valence-electron chi connectivity index (χ1n) is 4.01. The third-order valence-electron chi connectivity index (χ3n) is 1.68. The van der Waals surface area contributed by atoms with Crippen LogP contribution in [0.25, 0.3) is 0 Å². The fraction of sp³-hybridized carbons (Fsp3) is 0.400. The van der Waals surface area contributed by atoms with Crippen molar-refractivity contribution in [3.8, 4) is 0 Å². The normalized spacial score (nSPS) is 10.7. The van der Waals surface area contributed by atoms with Crippen LogP contribution >= 0.6 is 11.6 Å². The number of halogens is 1. The molecule has 0 saturated carbocycles. The van der Waals surface area contributed by atoms with E-state index < -0.39 is 0 Å². The molecule has 0 heterocycles. The van der Waals surface area contributed by atoms with Gasteiger partial charge >= 0.3 is 0 Å². The molecule has 0 aliphatic rings. The molecule has 12 heavy (non-hydrogen) atoms. The van der Waals surface area contributed by atoms with E-state index in [2.05, 4.69) is 43.3 Å². The lowest BCUT2D eigenvalue weighted by atomic mass is 10.1. The van der Waals surface area contributed by atoms with Gasteiger partial charge in [0.2, 0.25) is 0 Å². The minimum Gasteiger partial charge on any atom is -0.305 e. The van der Waals surface area contributed by atoms with Crippen molar-refractivity contribution in [2.45, 2.75) is 12.4 Å². The Morgan fingerprint density at radius 2 is 1.58 bits per heavy atom. The predicted octanol–water partition coefficient (Wildman–Crippen LogP) is 2.49. The van der Waals surface area contributed by atoms with Crippen LogP contribution in [0.5, 0.6) is 0 Å². The highest BCUT2D eigenvalue weighted by Crippen LogP contribution is 2.07. The Morgan fingerprint density at radius 1 is 1.08 bits per heavy atom. The van der Waals surface area contributed by atoms with Gasteiger partial charge < -0.3 is 4.90 Å². The molecule has 1 aromatic rings. The molecule has 0 bridgehead atoms. The lowest BCUT2D eigenvalue weighted by Gasteiger charge is -2.09. The van der Waals surface area contributed by atoms with E-state index in [9.17, 15) is 0 Å². The summed E-state index contributed by atoms with van der Waals surface area (Å²) in [6, 6.07) is 8.40. The third kappa shape index (κ3) is 2.84. The molecular weight excluding hydrogens is 170 g/mol. The summed E-state index contributed by atoms with van der Waals surface area (Å²) >= 11 is 5.67. The summed E-state index contributed by atoms with van der Waals surface area (Å²) in [5, 5.41) is 0. The Balaban J connectivity index is 2.65. The molecule has 0 saturated heterocycles. The number of hydrogen-bond donors (Lipinski definition) is 0. The Bertz CT molecular complexity index is 228. The molecule has 1 nitrogen and oxygen atoms in total. The van der Waals surface area contributed by atoms with Crippen LogP contribution in [0, 0.1) is 0 Å². The molecule has 0 aliphatic carbocycles. The van der Waals surface area contributed by atoms with E-state index in [0.717, 1.165) is 6.54 Å². The van der Waals surface area contributed by atoms with E-state index in [1.165, 1.54) is 11.1 Å². The predicted molar refractivity (Wildman–Crippen MR) is 53.4 cm³/mol.